The van der Waals surface area contributed by atoms with E-state index in [1.54, 1.807) is 18.2 Å². The minimum Gasteiger partial charge on any atom is -0.508 e. The van der Waals surface area contributed by atoms with Crippen molar-refractivity contribution in [3.63, 3.8) is 0 Å². The molecule has 3 aromatic heterocycles. The highest BCUT2D eigenvalue weighted by molar-refractivity contribution is 6.99. The van der Waals surface area contributed by atoms with Crippen molar-refractivity contribution in [2.75, 3.05) is 56.3 Å². The molecule has 0 spiro atoms. The van der Waals surface area contributed by atoms with Crippen LogP contribution in [0.4, 0.5) is 11.5 Å². The van der Waals surface area contributed by atoms with Crippen LogP contribution in [0.1, 0.15) is 173 Å². The first-order valence-electron chi connectivity index (χ1n) is 40.8. The number of nitrogens with zero attached hydrogens (tertiary/aromatic N) is 3. The van der Waals surface area contributed by atoms with E-state index in [9.17, 15) is 24.0 Å². The summed E-state index contributed by atoms with van der Waals surface area (Å²) in [5.74, 6) is 4.24. The van der Waals surface area contributed by atoms with Gasteiger partial charge in [-0.2, -0.15) is 8.75 Å². The van der Waals surface area contributed by atoms with E-state index in [0.717, 1.165) is 150 Å². The standard InChI is InChI=1S/C13H18O.C12H16O2.C11H10O2.C11H12O.C10H11NO.C10H11N.C10H12O.C9H11NO.C8H10O.C7H11N3OS/c1-11-2-4-12(5-3-11)8-9-14-10-13-6-7-13;1-7-6-8(2)12(14-11(5)13)10(4)9(7)3;1-7-4-3-5-9-6-10(8(2)12)13-11(7)9;1-8-4-2-6-10-9(8)5-3-7-11(10)12;1-7-3-2-4-9-8(7)5-6-10(12)11-9;1-7-4-3-5-10-9(7)6-8(2)11-10;1-3-8-11-10-7-5-4-6-9(10)2;1-7-2-4-8(5-3-7)6-9(10)11;1-6-3-4-8(9)7(2)5-6;1-6-7(9-12-8-6)10-2-4-11-5-3-10/h2-5,13H,6-10H2,1H3;6H,1-5H3;3-6H,1-2H3;2,4,6H,3,5,7H2,1H3;2-4H,5-6H2,1H3,(H,11,12);3-6,11H,1-2H3;3-7H,1,8H2,2H3;2-5H,6H2,1H3,(H2,10,11);3-5,9H,1-2H3;2-5H2,1H3. The molecule has 5 heterocycles. The molecule has 0 atom stereocenters. The number of H-pyrrole nitrogens is 1. The Hall–Kier alpha value is -11.6. The minimum absolute atomic E-state index is 0.0319. The molecule has 17 nitrogen and oxygen atoms in total. The molecule has 9 aromatic carbocycles. The first-order chi connectivity index (χ1) is 56.9. The van der Waals surface area contributed by atoms with Gasteiger partial charge in [0.25, 0.3) is 0 Å². The second-order valence-electron chi connectivity index (χ2n) is 30.7. The third-order valence-electron chi connectivity index (χ3n) is 20.4. The quantitative estimate of drug-likeness (QED) is 0.0276. The van der Waals surface area contributed by atoms with Crippen molar-refractivity contribution in [2.24, 2.45) is 11.7 Å². The molecule has 4 aliphatic rings. The summed E-state index contributed by atoms with van der Waals surface area (Å²) in [5, 5.41) is 14.2. The van der Waals surface area contributed by atoms with E-state index in [1.807, 2.05) is 172 Å². The number of hydrogen-bond donors (Lipinski definition) is 4. The largest absolute Gasteiger partial charge is 0.508 e. The fraction of sp³-hybridized carbons (Fsp3) is 0.337. The van der Waals surface area contributed by atoms with Crippen molar-refractivity contribution < 1.29 is 52.4 Å². The maximum absolute atomic E-state index is 11.4. The average Bonchev–Trinajstić information content (AvgIpc) is 1.04. The van der Waals surface area contributed by atoms with Gasteiger partial charge in [-0.25, -0.2) is 0 Å². The highest BCUT2D eigenvalue weighted by Crippen LogP contribution is 2.31. The summed E-state index contributed by atoms with van der Waals surface area (Å²) in [5.41, 5.74) is 31.4. The number of aromatic amines is 1. The van der Waals surface area contributed by atoms with Gasteiger partial charge < -0.3 is 49.4 Å². The van der Waals surface area contributed by atoms with E-state index >= 15 is 0 Å². The lowest BCUT2D eigenvalue weighted by molar-refractivity contribution is -0.132. The van der Waals surface area contributed by atoms with Crippen LogP contribution in [0.2, 0.25) is 0 Å². The Bertz CT molecular complexity index is 5300. The number of phenols is 1. The van der Waals surface area contributed by atoms with Crippen LogP contribution in [0, 0.1) is 110 Å². The first-order valence-corrected chi connectivity index (χ1v) is 41.6. The van der Waals surface area contributed by atoms with Gasteiger partial charge in [-0.1, -0.05) is 175 Å². The Labute approximate surface area is 709 Å². The molecule has 1 saturated heterocycles. The van der Waals surface area contributed by atoms with Gasteiger partial charge in [0.1, 0.15) is 29.4 Å². The van der Waals surface area contributed by atoms with Crippen LogP contribution in [-0.2, 0) is 49.5 Å². The van der Waals surface area contributed by atoms with Crippen LogP contribution < -0.4 is 25.4 Å². The van der Waals surface area contributed by atoms with E-state index in [2.05, 4.69) is 133 Å². The Morgan fingerprint density at radius 2 is 1.24 bits per heavy atom. The molecule has 5 N–H and O–H groups in total. The van der Waals surface area contributed by atoms with Gasteiger partial charge in [0, 0.05) is 79.6 Å². The Kier molecular flexibility index (Phi) is 38.4. The molecule has 2 aliphatic heterocycles. The van der Waals surface area contributed by atoms with Crippen molar-refractivity contribution in [3.8, 4) is 17.2 Å². The number of rotatable bonds is 13. The number of carbonyl (C=O) groups is 5. The normalized spacial score (nSPS) is 12.6. The minimum atomic E-state index is -0.283. The van der Waals surface area contributed by atoms with Crippen LogP contribution in [0.15, 0.2) is 199 Å². The lowest BCUT2D eigenvalue weighted by Gasteiger charge is -2.26. The number of esters is 1. The number of primary amides is 1. The highest BCUT2D eigenvalue weighted by Gasteiger charge is 2.22. The lowest BCUT2D eigenvalue weighted by Crippen LogP contribution is -2.36. The summed E-state index contributed by atoms with van der Waals surface area (Å²) >= 11 is 1.28. The number of benzene rings is 9. The number of carbonyl (C=O) groups excluding carboxylic acids is 5. The van der Waals surface area contributed by atoms with Gasteiger partial charge >= 0.3 is 5.97 Å². The number of aromatic hydroxyl groups is 1. The predicted molar refractivity (Wildman–Crippen MR) is 487 cm³/mol. The molecule has 119 heavy (non-hydrogen) atoms. The fourth-order valence-corrected chi connectivity index (χ4v) is 13.8. The summed E-state index contributed by atoms with van der Waals surface area (Å²) < 4.78 is 35.2. The SMILES string of the molecule is C=CCOc1ccccc1C.CC(=O)Oc1c(C)cc(C)c(C)c1C.CC(=O)c1cc2cccc(C)c2o1.Cc1cc2c(C)cccc2[nH]1.Cc1ccc(CC(N)=O)cc1.Cc1ccc(CCOCC2CC2)cc1.Cc1ccc(O)c(C)c1.Cc1cccc2c1CCC(=O)N2.Cc1cccc2c1CCCC2=O.Cc1nsnc1N1CCOCC1. The molecule has 628 valence electrons. The Balaban J connectivity index is 0.000000183. The van der Waals surface area contributed by atoms with Gasteiger partial charge in [-0.05, 0) is 263 Å². The van der Waals surface area contributed by atoms with Crippen LogP contribution in [0.3, 0.4) is 0 Å². The number of Topliss-reactive ketones (excluding diaryl/α,β-unsaturated/α-hetero) is 2. The number of nitrogens with one attached hydrogen (secondary N) is 2. The number of hydrogen-bond acceptors (Lipinski definition) is 15. The number of amides is 2. The molecule has 12 aromatic rings. The third-order valence-corrected chi connectivity index (χ3v) is 21.0. The van der Waals surface area contributed by atoms with Crippen LogP contribution in [0.25, 0.3) is 21.9 Å². The molecule has 2 fully saturated rings. The van der Waals surface area contributed by atoms with Crippen LogP contribution in [0.5, 0.6) is 17.2 Å². The van der Waals surface area contributed by atoms with Crippen molar-refractivity contribution >= 4 is 74.5 Å². The molecule has 0 unspecified atom stereocenters. The van der Waals surface area contributed by atoms with E-state index in [-0.39, 0.29) is 23.6 Å². The number of fused-ring (bicyclic) bond motifs is 4. The van der Waals surface area contributed by atoms with Gasteiger partial charge in [0.15, 0.2) is 23.1 Å². The van der Waals surface area contributed by atoms with Crippen molar-refractivity contribution in [1.29, 1.82) is 0 Å². The summed E-state index contributed by atoms with van der Waals surface area (Å²) in [7, 11) is 0. The number of ether oxygens (including phenoxy) is 4. The number of aryl methyl sites for hydroxylation is 13. The summed E-state index contributed by atoms with van der Waals surface area (Å²) in [6.07, 6.45) is 10.2. The number of nitrogens with two attached hydrogens (primary N) is 1. The molecule has 18 heteroatoms. The Morgan fingerprint density at radius 1 is 0.613 bits per heavy atom. The van der Waals surface area contributed by atoms with Crippen LogP contribution >= 0.6 is 11.7 Å². The smallest absolute Gasteiger partial charge is 0.308 e. The molecule has 2 aliphatic carbocycles. The van der Waals surface area contributed by atoms with Gasteiger partial charge in [-0.15, -0.1) is 0 Å². The molecule has 0 radical (unpaired) electrons. The monoisotopic (exact) mass is 1630 g/mol. The van der Waals surface area contributed by atoms with Gasteiger partial charge in [-0.3, -0.25) is 24.0 Å². The molecule has 1 saturated carbocycles. The molecular formula is C101H122N6O11S. The first kappa shape index (κ1) is 94.6. The van der Waals surface area contributed by atoms with Gasteiger partial charge in [0.2, 0.25) is 11.8 Å². The average molecular weight is 1630 g/mol. The van der Waals surface area contributed by atoms with Crippen molar-refractivity contribution in [1.82, 2.24) is 13.7 Å². The molecule has 2 amide bonds. The summed E-state index contributed by atoms with van der Waals surface area (Å²) in [4.78, 5) is 60.4. The maximum Gasteiger partial charge on any atom is 0.308 e. The lowest BCUT2D eigenvalue weighted by atomic mass is 9.88. The highest BCUT2D eigenvalue weighted by atomic mass is 32.1. The van der Waals surface area contributed by atoms with Gasteiger partial charge in [0.05, 0.1) is 43.7 Å². The van der Waals surface area contributed by atoms with Crippen LogP contribution in [-0.4, -0.2) is 94.3 Å². The maximum atomic E-state index is 11.4. The second-order valence-corrected chi connectivity index (χ2v) is 31.2. The zero-order valence-corrected chi connectivity index (χ0v) is 73.7. The number of anilines is 2. The predicted octanol–water partition coefficient (Wildman–Crippen LogP) is 22.2. The number of aromatic nitrogens is 3. The van der Waals surface area contributed by atoms with E-state index < -0.39 is 0 Å². The number of morpholine rings is 1. The third kappa shape index (κ3) is 31.7. The zero-order chi connectivity index (χ0) is 86.7. The summed E-state index contributed by atoms with van der Waals surface area (Å²) in [6.45, 7) is 42.8. The number of furan rings is 1. The molecule has 0 bridgehead atoms. The zero-order valence-electron chi connectivity index (χ0n) is 72.9. The Morgan fingerprint density at radius 3 is 1.83 bits per heavy atom. The van der Waals surface area contributed by atoms with Crippen molar-refractivity contribution in [2.45, 2.75) is 175 Å². The molecule has 16 rings (SSSR count). The van der Waals surface area contributed by atoms with E-state index in [0.29, 0.717) is 42.5 Å². The summed E-state index contributed by atoms with van der Waals surface area (Å²) in [6, 6.07) is 60.2. The number of phenolic OH excluding ortho intramolecular Hbond substituents is 1. The van der Waals surface area contributed by atoms with E-state index in [4.69, 9.17) is 34.2 Å². The fourth-order valence-electron chi connectivity index (χ4n) is 13.2. The number of ketones is 2. The topological polar surface area (TPSA) is 238 Å². The second kappa shape index (κ2) is 48.3. The number of para-hydroxylation sites is 2. The van der Waals surface area contributed by atoms with E-state index in [1.165, 1.54) is 116 Å². The van der Waals surface area contributed by atoms with Crippen molar-refractivity contribution in [3.05, 3.63) is 312 Å². The molecular weight excluding hydrogens is 1510 g/mol.